The molecule has 7 nitrogen and oxygen atoms in total. The summed E-state index contributed by atoms with van der Waals surface area (Å²) in [5, 5.41) is 16.5. The third-order valence-electron chi connectivity index (χ3n) is 5.25. The number of nitrogens with one attached hydrogen (secondary N) is 2. The Morgan fingerprint density at radius 2 is 2.17 bits per heavy atom. The Labute approximate surface area is 168 Å². The van der Waals surface area contributed by atoms with E-state index in [9.17, 15) is 4.79 Å². The van der Waals surface area contributed by atoms with Gasteiger partial charge in [0.15, 0.2) is 5.82 Å². The molecule has 0 unspecified atom stereocenters. The summed E-state index contributed by atoms with van der Waals surface area (Å²) < 4.78 is 2.06. The Balaban J connectivity index is 1.33. The van der Waals surface area contributed by atoms with Crippen LogP contribution in [0.2, 0.25) is 0 Å². The first-order chi connectivity index (χ1) is 14.2. The van der Waals surface area contributed by atoms with Crippen LogP contribution in [-0.2, 0) is 6.42 Å². The van der Waals surface area contributed by atoms with Crippen molar-refractivity contribution in [2.75, 3.05) is 6.54 Å². The number of aromatic nitrogens is 5. The molecule has 0 atom stereocenters. The summed E-state index contributed by atoms with van der Waals surface area (Å²) in [7, 11) is 0. The number of aromatic amines is 1. The van der Waals surface area contributed by atoms with Crippen LogP contribution in [0.25, 0.3) is 21.9 Å². The van der Waals surface area contributed by atoms with Crippen LogP contribution in [0, 0.1) is 6.92 Å². The molecule has 2 N–H and O–H groups in total. The van der Waals surface area contributed by atoms with Crippen molar-refractivity contribution in [3.8, 4) is 11.1 Å². The molecule has 1 amide bonds. The molecule has 0 radical (unpaired) electrons. The highest BCUT2D eigenvalue weighted by atomic mass is 16.1. The molecular formula is C22H22N6O. The minimum atomic E-state index is -0.0916. The second kappa shape index (κ2) is 7.16. The van der Waals surface area contributed by atoms with Crippen molar-refractivity contribution in [3.05, 3.63) is 66.0 Å². The molecule has 1 aliphatic carbocycles. The van der Waals surface area contributed by atoms with Crippen molar-refractivity contribution < 1.29 is 4.79 Å². The molecule has 1 aliphatic rings. The number of amides is 1. The van der Waals surface area contributed by atoms with Gasteiger partial charge in [-0.2, -0.15) is 10.2 Å². The Bertz CT molecular complexity index is 1190. The zero-order valence-electron chi connectivity index (χ0n) is 16.2. The van der Waals surface area contributed by atoms with Crippen LogP contribution in [0.1, 0.15) is 40.9 Å². The predicted octanol–water partition coefficient (Wildman–Crippen LogP) is 3.44. The number of carbonyl (C=O) groups is 1. The molecule has 2 aromatic carbocycles. The molecule has 1 fully saturated rings. The van der Waals surface area contributed by atoms with Gasteiger partial charge in [0.05, 0.1) is 12.2 Å². The number of benzene rings is 2. The minimum Gasteiger partial charge on any atom is -0.352 e. The lowest BCUT2D eigenvalue weighted by Gasteiger charge is -2.08. The lowest BCUT2D eigenvalue weighted by Crippen LogP contribution is -2.25. The number of rotatable bonds is 6. The van der Waals surface area contributed by atoms with Crippen LogP contribution in [0.5, 0.6) is 0 Å². The van der Waals surface area contributed by atoms with Crippen molar-refractivity contribution in [3.63, 3.8) is 0 Å². The molecule has 0 saturated heterocycles. The maximum Gasteiger partial charge on any atom is 0.251 e. The molecule has 7 heteroatoms. The highest BCUT2D eigenvalue weighted by molar-refractivity contribution is 6.02. The normalized spacial score (nSPS) is 13.7. The summed E-state index contributed by atoms with van der Waals surface area (Å²) in [5.41, 5.74) is 2.90. The molecule has 2 heterocycles. The van der Waals surface area contributed by atoms with Gasteiger partial charge in [-0.1, -0.05) is 24.3 Å². The molecule has 146 valence electrons. The van der Waals surface area contributed by atoms with Gasteiger partial charge in [-0.25, -0.2) is 4.98 Å². The summed E-state index contributed by atoms with van der Waals surface area (Å²) >= 11 is 0. The van der Waals surface area contributed by atoms with E-state index in [2.05, 4.69) is 42.5 Å². The van der Waals surface area contributed by atoms with E-state index in [1.807, 2.05) is 43.5 Å². The molecule has 29 heavy (non-hydrogen) atoms. The summed E-state index contributed by atoms with van der Waals surface area (Å²) in [6.45, 7) is 2.35. The van der Waals surface area contributed by atoms with Gasteiger partial charge in [-0.15, -0.1) is 0 Å². The van der Waals surface area contributed by atoms with Gasteiger partial charge < -0.3 is 5.32 Å². The zero-order valence-corrected chi connectivity index (χ0v) is 16.2. The first kappa shape index (κ1) is 17.6. The Kier molecular flexibility index (Phi) is 4.35. The second-order valence-corrected chi connectivity index (χ2v) is 7.52. The van der Waals surface area contributed by atoms with E-state index in [1.54, 1.807) is 0 Å². The second-order valence-electron chi connectivity index (χ2n) is 7.52. The van der Waals surface area contributed by atoms with Gasteiger partial charge in [0.25, 0.3) is 5.91 Å². The van der Waals surface area contributed by atoms with Crippen molar-refractivity contribution in [2.24, 2.45) is 0 Å². The smallest absolute Gasteiger partial charge is 0.251 e. The lowest BCUT2D eigenvalue weighted by molar-refractivity contribution is 0.0954. The quantitative estimate of drug-likeness (QED) is 0.531. The molecule has 0 aliphatic heterocycles. The minimum absolute atomic E-state index is 0.0916. The maximum absolute atomic E-state index is 12.6. The van der Waals surface area contributed by atoms with E-state index < -0.39 is 0 Å². The lowest BCUT2D eigenvalue weighted by atomic mass is 9.98. The Morgan fingerprint density at radius 3 is 2.97 bits per heavy atom. The third kappa shape index (κ3) is 3.63. The third-order valence-corrected chi connectivity index (χ3v) is 5.25. The van der Waals surface area contributed by atoms with Crippen molar-refractivity contribution in [1.29, 1.82) is 0 Å². The first-order valence-electron chi connectivity index (χ1n) is 9.91. The van der Waals surface area contributed by atoms with Gasteiger partial charge >= 0.3 is 0 Å². The van der Waals surface area contributed by atoms with Crippen LogP contribution in [-0.4, -0.2) is 37.4 Å². The Hall–Kier alpha value is -3.48. The largest absolute Gasteiger partial charge is 0.352 e. The van der Waals surface area contributed by atoms with Gasteiger partial charge in [-0.3, -0.25) is 14.6 Å². The SMILES string of the molecule is Cc1nc(CCNC(=O)c2ccc3c(-c4cnn(C5CC5)c4)cccc3c2)n[nH]1. The van der Waals surface area contributed by atoms with E-state index in [4.69, 9.17) is 0 Å². The van der Waals surface area contributed by atoms with Crippen LogP contribution < -0.4 is 5.32 Å². The highest BCUT2D eigenvalue weighted by Crippen LogP contribution is 2.36. The molecule has 0 spiro atoms. The summed E-state index contributed by atoms with van der Waals surface area (Å²) in [6, 6.07) is 12.6. The van der Waals surface area contributed by atoms with E-state index in [0.717, 1.165) is 27.7 Å². The molecule has 5 rings (SSSR count). The summed E-state index contributed by atoms with van der Waals surface area (Å²) in [5.74, 6) is 1.39. The molecule has 0 bridgehead atoms. The fourth-order valence-electron chi connectivity index (χ4n) is 3.58. The van der Waals surface area contributed by atoms with Crippen LogP contribution >= 0.6 is 0 Å². The number of H-pyrrole nitrogens is 1. The number of nitrogens with zero attached hydrogens (tertiary/aromatic N) is 4. The van der Waals surface area contributed by atoms with Crippen molar-refractivity contribution in [2.45, 2.75) is 32.2 Å². The molecule has 1 saturated carbocycles. The average molecular weight is 386 g/mol. The van der Waals surface area contributed by atoms with Crippen molar-refractivity contribution >= 4 is 16.7 Å². The van der Waals surface area contributed by atoms with Crippen molar-refractivity contribution in [1.82, 2.24) is 30.3 Å². The monoisotopic (exact) mass is 386 g/mol. The zero-order chi connectivity index (χ0) is 19.8. The molecule has 2 aromatic heterocycles. The van der Waals surface area contributed by atoms with Gasteiger partial charge in [-0.05, 0) is 48.2 Å². The Morgan fingerprint density at radius 1 is 1.28 bits per heavy atom. The number of carbonyl (C=O) groups excluding carboxylic acids is 1. The predicted molar refractivity (Wildman–Crippen MR) is 111 cm³/mol. The van der Waals surface area contributed by atoms with Gasteiger partial charge in [0.2, 0.25) is 0 Å². The van der Waals surface area contributed by atoms with E-state index in [0.29, 0.717) is 30.4 Å². The fourth-order valence-corrected chi connectivity index (χ4v) is 3.58. The number of fused-ring (bicyclic) bond motifs is 1. The fraction of sp³-hybridized carbons (Fsp3) is 0.273. The highest BCUT2D eigenvalue weighted by Gasteiger charge is 2.24. The van der Waals surface area contributed by atoms with Gasteiger partial charge in [0.1, 0.15) is 5.82 Å². The van der Waals surface area contributed by atoms with Crippen LogP contribution in [0.15, 0.2) is 48.8 Å². The average Bonchev–Trinajstić information content (AvgIpc) is 3.32. The number of hydrogen-bond acceptors (Lipinski definition) is 4. The summed E-state index contributed by atoms with van der Waals surface area (Å²) in [4.78, 5) is 16.8. The van der Waals surface area contributed by atoms with Crippen LogP contribution in [0.4, 0.5) is 0 Å². The number of aryl methyl sites for hydroxylation is 1. The first-order valence-corrected chi connectivity index (χ1v) is 9.91. The van der Waals surface area contributed by atoms with E-state index >= 15 is 0 Å². The van der Waals surface area contributed by atoms with E-state index in [-0.39, 0.29) is 5.91 Å². The summed E-state index contributed by atoms with van der Waals surface area (Å²) in [6.07, 6.45) is 7.07. The van der Waals surface area contributed by atoms with Gasteiger partial charge in [0, 0.05) is 30.3 Å². The molecular weight excluding hydrogens is 364 g/mol. The topological polar surface area (TPSA) is 88.5 Å². The number of hydrogen-bond donors (Lipinski definition) is 2. The standard InChI is InChI=1S/C22H22N6O/c1-14-25-21(27-26-14)9-10-23-22(29)16-5-8-20-15(11-16)3-2-4-19(20)17-12-24-28(13-17)18-6-7-18/h2-5,8,11-13,18H,6-7,9-10H2,1H3,(H,23,29)(H,25,26,27). The molecule has 4 aromatic rings. The maximum atomic E-state index is 12.6. The van der Waals surface area contributed by atoms with E-state index in [1.165, 1.54) is 12.8 Å². The van der Waals surface area contributed by atoms with Crippen LogP contribution in [0.3, 0.4) is 0 Å².